The first kappa shape index (κ1) is 28.7. The first-order chi connectivity index (χ1) is 20.9. The number of allylic oxidation sites excluding steroid dienone is 1. The highest BCUT2D eigenvalue weighted by Gasteiger charge is 2.36. The number of aryl methyl sites for hydroxylation is 2. The molecule has 0 N–H and O–H groups in total. The van der Waals surface area contributed by atoms with Crippen LogP contribution in [0.25, 0.3) is 16.8 Å². The quantitative estimate of drug-likeness (QED) is 0.283. The molecule has 3 aromatic carbocycles. The number of benzene rings is 3. The third-order valence-corrected chi connectivity index (χ3v) is 9.20. The van der Waals surface area contributed by atoms with Gasteiger partial charge in [0.15, 0.2) is 4.80 Å². The summed E-state index contributed by atoms with van der Waals surface area (Å²) >= 11 is 1.29. The fourth-order valence-corrected chi connectivity index (χ4v) is 7.20. The van der Waals surface area contributed by atoms with Crippen molar-refractivity contribution in [2.24, 2.45) is 4.99 Å². The number of hydrogen-bond donors (Lipinski definition) is 0. The second-order valence-corrected chi connectivity index (χ2v) is 11.6. The van der Waals surface area contributed by atoms with E-state index in [1.807, 2.05) is 36.4 Å². The number of hydrogen-bond acceptors (Lipinski definition) is 8. The summed E-state index contributed by atoms with van der Waals surface area (Å²) in [5.41, 5.74) is 4.62. The molecule has 0 bridgehead atoms. The molecule has 2 heterocycles. The van der Waals surface area contributed by atoms with Crippen molar-refractivity contribution in [1.29, 1.82) is 0 Å². The SMILES string of the molecule is CCOC(=O)C1=C(C)N=c2s/c(=C\c3cc4c(cc3OC)CCCC4)c(=O)n2C1c1c(OC)ccc2ccc(OC)cc12. The number of carbonyl (C=O) groups excluding carboxylic acids is 1. The summed E-state index contributed by atoms with van der Waals surface area (Å²) in [5.74, 6) is 1.39. The van der Waals surface area contributed by atoms with Gasteiger partial charge < -0.3 is 18.9 Å². The average molecular weight is 599 g/mol. The number of carbonyl (C=O) groups is 1. The molecule has 8 nitrogen and oxygen atoms in total. The number of rotatable bonds is 7. The van der Waals surface area contributed by atoms with Crippen molar-refractivity contribution < 1.29 is 23.7 Å². The second-order valence-electron chi connectivity index (χ2n) is 10.6. The van der Waals surface area contributed by atoms with Gasteiger partial charge in [-0.3, -0.25) is 9.36 Å². The fourth-order valence-electron chi connectivity index (χ4n) is 6.17. The van der Waals surface area contributed by atoms with Crippen LogP contribution in [0.3, 0.4) is 0 Å². The van der Waals surface area contributed by atoms with Crippen LogP contribution in [-0.2, 0) is 22.4 Å². The van der Waals surface area contributed by atoms with Crippen LogP contribution < -0.4 is 29.1 Å². The Hall–Kier alpha value is -4.37. The number of nitrogens with zero attached hydrogens (tertiary/aromatic N) is 2. The zero-order valence-corrected chi connectivity index (χ0v) is 25.8. The smallest absolute Gasteiger partial charge is 0.338 e. The highest BCUT2D eigenvalue weighted by molar-refractivity contribution is 7.07. The maximum absolute atomic E-state index is 14.4. The average Bonchev–Trinajstić information content (AvgIpc) is 3.32. The molecule has 1 unspecified atom stereocenters. The normalized spacial score (nSPS) is 16.4. The van der Waals surface area contributed by atoms with Crippen molar-refractivity contribution in [2.45, 2.75) is 45.6 Å². The summed E-state index contributed by atoms with van der Waals surface area (Å²) in [7, 11) is 4.84. The second kappa shape index (κ2) is 11.7. The number of methoxy groups -OCH3 is 3. The van der Waals surface area contributed by atoms with Gasteiger partial charge in [-0.1, -0.05) is 23.5 Å². The lowest BCUT2D eigenvalue weighted by Gasteiger charge is -2.27. The van der Waals surface area contributed by atoms with E-state index in [2.05, 4.69) is 12.1 Å². The van der Waals surface area contributed by atoms with E-state index in [-0.39, 0.29) is 12.2 Å². The Balaban J connectivity index is 1.64. The van der Waals surface area contributed by atoms with Gasteiger partial charge in [0.05, 0.1) is 43.7 Å². The largest absolute Gasteiger partial charge is 0.497 e. The van der Waals surface area contributed by atoms with Gasteiger partial charge in [-0.15, -0.1) is 0 Å². The molecule has 0 saturated carbocycles. The van der Waals surface area contributed by atoms with Crippen LogP contribution in [0.5, 0.6) is 17.2 Å². The summed E-state index contributed by atoms with van der Waals surface area (Å²) in [4.78, 5) is 33.2. The van der Waals surface area contributed by atoms with Gasteiger partial charge in [0, 0.05) is 11.1 Å². The summed E-state index contributed by atoms with van der Waals surface area (Å²) in [5, 5.41) is 1.71. The van der Waals surface area contributed by atoms with Crippen LogP contribution in [-0.4, -0.2) is 38.5 Å². The zero-order valence-electron chi connectivity index (χ0n) is 25.0. The number of fused-ring (bicyclic) bond motifs is 3. The van der Waals surface area contributed by atoms with Crippen LogP contribution in [0.1, 0.15) is 55.0 Å². The molecule has 43 heavy (non-hydrogen) atoms. The molecular formula is C34H34N2O6S. The lowest BCUT2D eigenvalue weighted by atomic mass is 9.90. The third-order valence-electron chi connectivity index (χ3n) is 8.22. The maximum atomic E-state index is 14.4. The Bertz CT molecular complexity index is 1960. The van der Waals surface area contributed by atoms with E-state index in [9.17, 15) is 9.59 Å². The number of aromatic nitrogens is 1. The van der Waals surface area contributed by atoms with Gasteiger partial charge in [-0.25, -0.2) is 9.79 Å². The molecule has 0 saturated heterocycles. The molecule has 0 fully saturated rings. The van der Waals surface area contributed by atoms with Crippen molar-refractivity contribution in [3.05, 3.63) is 95.7 Å². The first-order valence-electron chi connectivity index (χ1n) is 14.4. The van der Waals surface area contributed by atoms with Crippen LogP contribution >= 0.6 is 11.3 Å². The minimum atomic E-state index is -0.839. The van der Waals surface area contributed by atoms with Crippen molar-refractivity contribution in [3.63, 3.8) is 0 Å². The molecule has 0 radical (unpaired) electrons. The molecule has 2 aliphatic rings. The van der Waals surface area contributed by atoms with Crippen molar-refractivity contribution >= 4 is 34.2 Å². The monoisotopic (exact) mass is 598 g/mol. The Morgan fingerprint density at radius 2 is 1.72 bits per heavy atom. The minimum absolute atomic E-state index is 0.186. The van der Waals surface area contributed by atoms with E-state index in [0.717, 1.165) is 41.3 Å². The number of thiazole rings is 1. The molecule has 1 aromatic heterocycles. The van der Waals surface area contributed by atoms with Crippen LogP contribution in [0.2, 0.25) is 0 Å². The molecule has 4 aromatic rings. The van der Waals surface area contributed by atoms with Crippen molar-refractivity contribution in [1.82, 2.24) is 4.57 Å². The van der Waals surface area contributed by atoms with Crippen LogP contribution in [0.4, 0.5) is 0 Å². The van der Waals surface area contributed by atoms with Gasteiger partial charge in [-0.2, -0.15) is 0 Å². The standard InChI is InChI=1S/C34H34N2O6S/c1-6-42-33(38)29-19(2)35-34-36(31(29)30-25-18-24(39-3)13-11-20(25)12-14-26(30)40-4)32(37)28(43-34)17-23-15-21-9-7-8-10-22(21)16-27(23)41-5/h11-18,31H,6-10H2,1-5H3/b28-17-. The van der Waals surface area contributed by atoms with Gasteiger partial charge in [0.25, 0.3) is 5.56 Å². The third kappa shape index (κ3) is 5.01. The van der Waals surface area contributed by atoms with Crippen LogP contribution in [0.15, 0.2) is 63.5 Å². The molecule has 9 heteroatoms. The summed E-state index contributed by atoms with van der Waals surface area (Å²) in [6, 6.07) is 12.9. The Morgan fingerprint density at radius 1 is 1.00 bits per heavy atom. The van der Waals surface area contributed by atoms with Crippen LogP contribution in [0, 0.1) is 0 Å². The van der Waals surface area contributed by atoms with E-state index in [1.165, 1.54) is 28.9 Å². The Morgan fingerprint density at radius 3 is 2.42 bits per heavy atom. The molecule has 6 rings (SSSR count). The summed E-state index contributed by atoms with van der Waals surface area (Å²) in [6.07, 6.45) is 6.23. The molecule has 0 amide bonds. The van der Waals surface area contributed by atoms with Gasteiger partial charge in [0.1, 0.15) is 23.3 Å². The molecule has 222 valence electrons. The lowest BCUT2D eigenvalue weighted by Crippen LogP contribution is -2.40. The first-order valence-corrected chi connectivity index (χ1v) is 15.2. The summed E-state index contributed by atoms with van der Waals surface area (Å²) < 4.78 is 24.8. The highest BCUT2D eigenvalue weighted by Crippen LogP contribution is 2.41. The van der Waals surface area contributed by atoms with E-state index in [1.54, 1.807) is 39.7 Å². The minimum Gasteiger partial charge on any atom is -0.497 e. The highest BCUT2D eigenvalue weighted by atomic mass is 32.1. The molecule has 1 atom stereocenters. The predicted octanol–water partition coefficient (Wildman–Crippen LogP) is 4.86. The Kier molecular flexibility index (Phi) is 7.83. The van der Waals surface area contributed by atoms with E-state index in [0.29, 0.717) is 37.7 Å². The summed E-state index contributed by atoms with van der Waals surface area (Å²) in [6.45, 7) is 3.72. The van der Waals surface area contributed by atoms with E-state index >= 15 is 0 Å². The molecular weight excluding hydrogens is 564 g/mol. The van der Waals surface area contributed by atoms with Gasteiger partial charge in [-0.05, 0) is 97.8 Å². The van der Waals surface area contributed by atoms with E-state index in [4.69, 9.17) is 23.9 Å². The van der Waals surface area contributed by atoms with Gasteiger partial charge in [0.2, 0.25) is 0 Å². The fraction of sp³-hybridized carbons (Fsp3) is 0.324. The van der Waals surface area contributed by atoms with E-state index < -0.39 is 12.0 Å². The molecule has 0 spiro atoms. The van der Waals surface area contributed by atoms with Gasteiger partial charge >= 0.3 is 5.97 Å². The zero-order chi connectivity index (χ0) is 30.2. The number of esters is 1. The molecule has 1 aliphatic carbocycles. The predicted molar refractivity (Wildman–Crippen MR) is 167 cm³/mol. The number of ether oxygens (including phenoxy) is 4. The topological polar surface area (TPSA) is 88.4 Å². The lowest BCUT2D eigenvalue weighted by molar-refractivity contribution is -0.139. The van der Waals surface area contributed by atoms with Crippen molar-refractivity contribution in [2.75, 3.05) is 27.9 Å². The Labute approximate surface area is 253 Å². The molecule has 1 aliphatic heterocycles. The van der Waals surface area contributed by atoms with Crippen molar-refractivity contribution in [3.8, 4) is 17.2 Å². The maximum Gasteiger partial charge on any atom is 0.338 e.